The fraction of sp³-hybridized carbons (Fsp3) is 0.429. The number of benzene rings is 1. The molecule has 2 fully saturated rings. The van der Waals surface area contributed by atoms with Crippen molar-refractivity contribution in [2.45, 2.75) is 44.2 Å². The first-order chi connectivity index (χ1) is 12.7. The number of hydrazine groups is 1. The average molecular weight is 350 g/mol. The number of rotatable bonds is 4. The van der Waals surface area contributed by atoms with Crippen molar-refractivity contribution in [1.82, 2.24) is 20.7 Å². The van der Waals surface area contributed by atoms with Gasteiger partial charge in [-0.05, 0) is 43.0 Å². The summed E-state index contributed by atoms with van der Waals surface area (Å²) in [6.07, 6.45) is 6.31. The van der Waals surface area contributed by atoms with E-state index < -0.39 is 0 Å². The van der Waals surface area contributed by atoms with Crippen LogP contribution in [0.4, 0.5) is 0 Å². The normalized spacial score (nSPS) is 25.6. The van der Waals surface area contributed by atoms with Gasteiger partial charge in [0.05, 0.1) is 6.42 Å². The van der Waals surface area contributed by atoms with Crippen LogP contribution >= 0.6 is 0 Å². The molecule has 3 heterocycles. The summed E-state index contributed by atoms with van der Waals surface area (Å²) in [6, 6.07) is 12.9. The molecule has 3 atom stereocenters. The van der Waals surface area contributed by atoms with Crippen molar-refractivity contribution in [3.63, 3.8) is 0 Å². The van der Waals surface area contributed by atoms with Crippen molar-refractivity contribution in [1.29, 1.82) is 0 Å². The lowest BCUT2D eigenvalue weighted by molar-refractivity contribution is -0.131. The Bertz CT molecular complexity index is 746. The zero-order valence-corrected chi connectivity index (χ0v) is 15.2. The van der Waals surface area contributed by atoms with E-state index in [1.807, 2.05) is 12.4 Å². The van der Waals surface area contributed by atoms with Gasteiger partial charge in [-0.2, -0.15) is 0 Å². The third-order valence-electron chi connectivity index (χ3n) is 5.67. The molecule has 0 radical (unpaired) electrons. The van der Waals surface area contributed by atoms with Crippen molar-refractivity contribution in [2.24, 2.45) is 0 Å². The van der Waals surface area contributed by atoms with E-state index in [1.54, 1.807) is 0 Å². The first-order valence-electron chi connectivity index (χ1n) is 9.46. The molecule has 0 saturated carbocycles. The van der Waals surface area contributed by atoms with Gasteiger partial charge < -0.3 is 4.90 Å². The number of nitrogens with zero attached hydrogens (tertiary/aromatic N) is 2. The Hall–Kier alpha value is -2.24. The standard InChI is InChI=1S/C21H26N4O/c1-15-4-6-16(7-5-15)13-20(26)25-12-2-3-19(25)21-18(14-23-24-21)17-8-10-22-11-9-17/h4-11,18-19,21,23-24H,2-3,12-14H2,1H3. The Labute approximate surface area is 154 Å². The molecule has 2 aromatic rings. The Balaban J connectivity index is 1.49. The highest BCUT2D eigenvalue weighted by Crippen LogP contribution is 2.31. The highest BCUT2D eigenvalue weighted by Gasteiger charge is 2.41. The van der Waals surface area contributed by atoms with Crippen LogP contribution in [-0.4, -0.2) is 41.0 Å². The van der Waals surface area contributed by atoms with E-state index in [-0.39, 0.29) is 18.0 Å². The van der Waals surface area contributed by atoms with Crippen molar-refractivity contribution in [3.05, 3.63) is 65.5 Å². The van der Waals surface area contributed by atoms with E-state index in [4.69, 9.17) is 0 Å². The molecule has 0 spiro atoms. The molecule has 2 aliphatic rings. The van der Waals surface area contributed by atoms with Gasteiger partial charge in [-0.15, -0.1) is 0 Å². The number of amides is 1. The molecule has 3 unspecified atom stereocenters. The van der Waals surface area contributed by atoms with E-state index in [0.29, 0.717) is 12.3 Å². The first kappa shape index (κ1) is 17.2. The molecule has 1 amide bonds. The third-order valence-corrected chi connectivity index (χ3v) is 5.67. The quantitative estimate of drug-likeness (QED) is 0.887. The zero-order chi connectivity index (χ0) is 17.9. The van der Waals surface area contributed by atoms with E-state index in [2.05, 4.69) is 64.1 Å². The van der Waals surface area contributed by atoms with Crippen LogP contribution in [0, 0.1) is 6.92 Å². The summed E-state index contributed by atoms with van der Waals surface area (Å²) >= 11 is 0. The maximum Gasteiger partial charge on any atom is 0.227 e. The van der Waals surface area contributed by atoms with Crippen LogP contribution < -0.4 is 10.9 Å². The topological polar surface area (TPSA) is 57.3 Å². The van der Waals surface area contributed by atoms with Crippen LogP contribution in [0.1, 0.15) is 35.4 Å². The molecule has 26 heavy (non-hydrogen) atoms. The van der Waals surface area contributed by atoms with Crippen LogP contribution in [0.3, 0.4) is 0 Å². The highest BCUT2D eigenvalue weighted by atomic mass is 16.2. The van der Waals surface area contributed by atoms with E-state index in [1.165, 1.54) is 11.1 Å². The summed E-state index contributed by atoms with van der Waals surface area (Å²) in [5.74, 6) is 0.592. The third kappa shape index (κ3) is 3.50. The van der Waals surface area contributed by atoms with Gasteiger partial charge in [-0.1, -0.05) is 29.8 Å². The minimum Gasteiger partial charge on any atom is -0.338 e. The summed E-state index contributed by atoms with van der Waals surface area (Å²) in [6.45, 7) is 3.81. The van der Waals surface area contributed by atoms with Gasteiger partial charge in [-0.3, -0.25) is 20.6 Å². The van der Waals surface area contributed by atoms with Gasteiger partial charge in [0.25, 0.3) is 0 Å². The Morgan fingerprint density at radius 3 is 2.73 bits per heavy atom. The number of nitrogens with one attached hydrogen (secondary N) is 2. The first-order valence-corrected chi connectivity index (χ1v) is 9.46. The lowest BCUT2D eigenvalue weighted by atomic mass is 9.88. The van der Waals surface area contributed by atoms with Gasteiger partial charge in [-0.25, -0.2) is 0 Å². The second-order valence-corrected chi connectivity index (χ2v) is 7.40. The molecule has 5 heteroatoms. The number of pyridine rings is 1. The number of hydrogen-bond acceptors (Lipinski definition) is 4. The maximum absolute atomic E-state index is 13.0. The highest BCUT2D eigenvalue weighted by molar-refractivity contribution is 5.79. The summed E-state index contributed by atoms with van der Waals surface area (Å²) in [5, 5.41) is 0. The van der Waals surface area contributed by atoms with Gasteiger partial charge in [0.15, 0.2) is 0 Å². The molecule has 4 rings (SSSR count). The SMILES string of the molecule is Cc1ccc(CC(=O)N2CCCC2C2NNCC2c2ccncc2)cc1. The van der Waals surface area contributed by atoms with Crippen LogP contribution in [0.2, 0.25) is 0 Å². The fourth-order valence-corrected chi connectivity index (χ4v) is 4.27. The molecule has 2 N–H and O–H groups in total. The van der Waals surface area contributed by atoms with Crippen LogP contribution in [0.5, 0.6) is 0 Å². The van der Waals surface area contributed by atoms with Crippen LogP contribution in [0.25, 0.3) is 0 Å². The molecule has 2 aliphatic heterocycles. The van der Waals surface area contributed by atoms with Crippen molar-refractivity contribution >= 4 is 5.91 Å². The molecular weight excluding hydrogens is 324 g/mol. The monoisotopic (exact) mass is 350 g/mol. The van der Waals surface area contributed by atoms with Gasteiger partial charge in [0.1, 0.15) is 0 Å². The number of likely N-dealkylation sites (tertiary alicyclic amines) is 1. The smallest absolute Gasteiger partial charge is 0.227 e. The predicted molar refractivity (Wildman–Crippen MR) is 102 cm³/mol. The molecule has 5 nitrogen and oxygen atoms in total. The lowest BCUT2D eigenvalue weighted by Gasteiger charge is -2.32. The summed E-state index contributed by atoms with van der Waals surface area (Å²) in [5.41, 5.74) is 10.3. The molecule has 0 aliphatic carbocycles. The van der Waals surface area contributed by atoms with Gasteiger partial charge >= 0.3 is 0 Å². The van der Waals surface area contributed by atoms with E-state index in [9.17, 15) is 4.79 Å². The lowest BCUT2D eigenvalue weighted by Crippen LogP contribution is -2.50. The van der Waals surface area contributed by atoms with E-state index >= 15 is 0 Å². The average Bonchev–Trinajstić information content (AvgIpc) is 3.33. The van der Waals surface area contributed by atoms with Crippen molar-refractivity contribution in [3.8, 4) is 0 Å². The minimum atomic E-state index is 0.235. The molecular formula is C21H26N4O. The Kier molecular flexibility index (Phi) is 5.00. The molecule has 1 aromatic carbocycles. The van der Waals surface area contributed by atoms with Crippen LogP contribution in [0.15, 0.2) is 48.8 Å². The zero-order valence-electron chi connectivity index (χ0n) is 15.2. The molecule has 1 aromatic heterocycles. The van der Waals surface area contributed by atoms with Crippen molar-refractivity contribution < 1.29 is 4.79 Å². The summed E-state index contributed by atoms with van der Waals surface area (Å²) < 4.78 is 0. The number of carbonyl (C=O) groups excluding carboxylic acids is 1. The predicted octanol–water partition coefficient (Wildman–Crippen LogP) is 2.18. The molecule has 2 saturated heterocycles. The van der Waals surface area contributed by atoms with Crippen LogP contribution in [-0.2, 0) is 11.2 Å². The second-order valence-electron chi connectivity index (χ2n) is 7.40. The van der Waals surface area contributed by atoms with Crippen molar-refractivity contribution in [2.75, 3.05) is 13.1 Å². The molecule has 0 bridgehead atoms. The fourth-order valence-electron chi connectivity index (χ4n) is 4.27. The Morgan fingerprint density at radius 2 is 1.96 bits per heavy atom. The second kappa shape index (κ2) is 7.56. The number of aromatic nitrogens is 1. The van der Waals surface area contributed by atoms with Gasteiger partial charge in [0.2, 0.25) is 5.91 Å². The Morgan fingerprint density at radius 1 is 1.19 bits per heavy atom. The summed E-state index contributed by atoms with van der Waals surface area (Å²) in [7, 11) is 0. The molecule has 136 valence electrons. The largest absolute Gasteiger partial charge is 0.338 e. The number of aryl methyl sites for hydroxylation is 1. The number of carbonyl (C=O) groups is 1. The van der Waals surface area contributed by atoms with E-state index in [0.717, 1.165) is 31.5 Å². The van der Waals surface area contributed by atoms with Gasteiger partial charge in [0, 0.05) is 43.5 Å². The maximum atomic E-state index is 13.0. The minimum absolute atomic E-state index is 0.235. The summed E-state index contributed by atoms with van der Waals surface area (Å²) in [4.78, 5) is 19.2. The number of hydrogen-bond donors (Lipinski definition) is 2.